The Labute approximate surface area is 134 Å². The molecule has 1 aromatic carbocycles. The summed E-state index contributed by atoms with van der Waals surface area (Å²) in [6.07, 6.45) is 1.74. The van der Waals surface area contributed by atoms with Gasteiger partial charge in [-0.3, -0.25) is 9.78 Å². The van der Waals surface area contributed by atoms with E-state index in [1.807, 2.05) is 48.5 Å². The summed E-state index contributed by atoms with van der Waals surface area (Å²) in [6, 6.07) is 15.0. The topological polar surface area (TPSA) is 65.2 Å². The molecule has 5 heteroatoms. The highest BCUT2D eigenvalue weighted by molar-refractivity contribution is 5.72. The molecule has 0 radical (unpaired) electrons. The van der Waals surface area contributed by atoms with Gasteiger partial charge in [-0.25, -0.2) is 4.98 Å². The van der Waals surface area contributed by atoms with Gasteiger partial charge in [-0.1, -0.05) is 24.3 Å². The predicted octanol–water partition coefficient (Wildman–Crippen LogP) is 3.33. The zero-order valence-electron chi connectivity index (χ0n) is 12.7. The van der Waals surface area contributed by atoms with E-state index in [1.54, 1.807) is 13.1 Å². The number of rotatable bonds is 5. The van der Waals surface area contributed by atoms with Gasteiger partial charge in [0.25, 0.3) is 0 Å². The molecule has 2 aromatic heterocycles. The molecule has 0 unspecified atom stereocenters. The lowest BCUT2D eigenvalue weighted by Crippen LogP contribution is -2.09. The number of benzene rings is 1. The van der Waals surface area contributed by atoms with E-state index in [0.29, 0.717) is 23.0 Å². The number of aromatic nitrogens is 2. The maximum Gasteiger partial charge on any atom is 0.312 e. The van der Waals surface area contributed by atoms with Crippen molar-refractivity contribution in [3.8, 4) is 11.5 Å². The molecule has 0 aliphatic carbocycles. The molecule has 0 atom stereocenters. The summed E-state index contributed by atoms with van der Waals surface area (Å²) in [7, 11) is 0. The smallest absolute Gasteiger partial charge is 0.312 e. The minimum atomic E-state index is -0.355. The van der Waals surface area contributed by atoms with Crippen molar-refractivity contribution in [2.24, 2.45) is 0 Å². The molecule has 0 spiro atoms. The molecule has 0 N–H and O–H groups in total. The normalized spacial score (nSPS) is 10.5. The summed E-state index contributed by atoms with van der Waals surface area (Å²) in [5.41, 5.74) is 2.18. The largest absolute Gasteiger partial charge is 0.459 e. The van der Waals surface area contributed by atoms with Gasteiger partial charge in [0.05, 0.1) is 17.8 Å². The Morgan fingerprint density at radius 1 is 1.13 bits per heavy atom. The molecule has 5 nitrogen and oxygen atoms in total. The molecule has 116 valence electrons. The molecule has 0 bridgehead atoms. The molecule has 0 saturated heterocycles. The highest BCUT2D eigenvalue weighted by Crippen LogP contribution is 2.21. The van der Waals surface area contributed by atoms with Crippen molar-refractivity contribution in [1.82, 2.24) is 9.97 Å². The number of hydrogen-bond acceptors (Lipinski definition) is 5. The van der Waals surface area contributed by atoms with Crippen LogP contribution < -0.4 is 0 Å². The van der Waals surface area contributed by atoms with Crippen molar-refractivity contribution in [1.29, 1.82) is 0 Å². The Morgan fingerprint density at radius 2 is 1.91 bits per heavy atom. The van der Waals surface area contributed by atoms with Crippen LogP contribution >= 0.6 is 0 Å². The number of carbonyl (C=O) groups is 1. The number of ether oxygens (including phenoxy) is 1. The van der Waals surface area contributed by atoms with Crippen LogP contribution in [0, 0.1) is 6.92 Å². The Morgan fingerprint density at radius 3 is 2.65 bits per heavy atom. The lowest BCUT2D eigenvalue weighted by Gasteiger charge is -2.02. The van der Waals surface area contributed by atoms with Crippen molar-refractivity contribution >= 4 is 5.97 Å². The van der Waals surface area contributed by atoms with Crippen molar-refractivity contribution < 1.29 is 13.9 Å². The van der Waals surface area contributed by atoms with Crippen LogP contribution in [0.3, 0.4) is 0 Å². The molecule has 0 aliphatic rings. The van der Waals surface area contributed by atoms with Gasteiger partial charge in [-0.05, 0) is 31.2 Å². The highest BCUT2D eigenvalue weighted by Gasteiger charge is 2.15. The monoisotopic (exact) mass is 308 g/mol. The van der Waals surface area contributed by atoms with E-state index in [9.17, 15) is 4.79 Å². The van der Waals surface area contributed by atoms with Crippen LogP contribution in [0.4, 0.5) is 0 Å². The first-order chi connectivity index (χ1) is 11.2. The van der Waals surface area contributed by atoms with Crippen LogP contribution in [0.15, 0.2) is 59.1 Å². The van der Waals surface area contributed by atoms with E-state index >= 15 is 0 Å². The molecule has 0 amide bonds. The van der Waals surface area contributed by atoms with E-state index in [1.165, 1.54) is 0 Å². The highest BCUT2D eigenvalue weighted by atomic mass is 16.5. The average Bonchev–Trinajstić information content (AvgIpc) is 2.95. The number of hydrogen-bond donors (Lipinski definition) is 0. The quantitative estimate of drug-likeness (QED) is 0.676. The summed E-state index contributed by atoms with van der Waals surface area (Å²) in [5, 5.41) is 0. The van der Waals surface area contributed by atoms with Crippen molar-refractivity contribution in [3.63, 3.8) is 0 Å². The molecule has 3 rings (SSSR count). The number of esters is 1. The van der Waals surface area contributed by atoms with E-state index in [4.69, 9.17) is 9.15 Å². The fraction of sp³-hybridized carbons (Fsp3) is 0.167. The Bertz CT molecular complexity index is 783. The first-order valence-electron chi connectivity index (χ1n) is 7.29. The number of pyridine rings is 1. The first kappa shape index (κ1) is 15.0. The molecule has 2 heterocycles. The summed E-state index contributed by atoms with van der Waals surface area (Å²) >= 11 is 0. The minimum absolute atomic E-state index is 0.0784. The average molecular weight is 308 g/mol. The van der Waals surface area contributed by atoms with Crippen LogP contribution in [0.5, 0.6) is 0 Å². The predicted molar refractivity (Wildman–Crippen MR) is 84.4 cm³/mol. The Balaban J connectivity index is 1.64. The van der Waals surface area contributed by atoms with Gasteiger partial charge in [-0.15, -0.1) is 0 Å². The number of nitrogens with zero attached hydrogens (tertiary/aromatic N) is 2. The maximum atomic E-state index is 12.0. The van der Waals surface area contributed by atoms with E-state index < -0.39 is 0 Å². The van der Waals surface area contributed by atoms with Crippen molar-refractivity contribution in [2.45, 2.75) is 20.0 Å². The second-order valence-electron chi connectivity index (χ2n) is 5.05. The molecular weight excluding hydrogens is 292 g/mol. The molecule has 0 fully saturated rings. The number of aryl methyl sites for hydroxylation is 1. The van der Waals surface area contributed by atoms with Crippen molar-refractivity contribution in [3.05, 3.63) is 71.9 Å². The zero-order chi connectivity index (χ0) is 16.1. The summed E-state index contributed by atoms with van der Waals surface area (Å²) in [5.74, 6) is 0.779. The third-order valence-electron chi connectivity index (χ3n) is 3.33. The second kappa shape index (κ2) is 6.87. The maximum absolute atomic E-state index is 12.0. The number of carbonyl (C=O) groups excluding carboxylic acids is 1. The van der Waals surface area contributed by atoms with Crippen LogP contribution in [-0.2, 0) is 22.6 Å². The van der Waals surface area contributed by atoms with E-state index in [2.05, 4.69) is 9.97 Å². The summed E-state index contributed by atoms with van der Waals surface area (Å²) in [4.78, 5) is 20.5. The van der Waals surface area contributed by atoms with Gasteiger partial charge in [0, 0.05) is 11.8 Å². The van der Waals surface area contributed by atoms with E-state index in [-0.39, 0.29) is 19.0 Å². The van der Waals surface area contributed by atoms with Crippen molar-refractivity contribution in [2.75, 3.05) is 0 Å². The van der Waals surface area contributed by atoms with Crippen LogP contribution in [0.2, 0.25) is 0 Å². The zero-order valence-corrected chi connectivity index (χ0v) is 12.7. The van der Waals surface area contributed by atoms with Gasteiger partial charge in [0.15, 0.2) is 0 Å². The van der Waals surface area contributed by atoms with Crippen LogP contribution in [0.1, 0.15) is 17.1 Å². The third kappa shape index (κ3) is 3.83. The third-order valence-corrected chi connectivity index (χ3v) is 3.33. The fourth-order valence-electron chi connectivity index (χ4n) is 2.12. The summed E-state index contributed by atoms with van der Waals surface area (Å²) in [6.45, 7) is 1.95. The lowest BCUT2D eigenvalue weighted by molar-refractivity contribution is -0.144. The van der Waals surface area contributed by atoms with Gasteiger partial charge >= 0.3 is 5.97 Å². The molecule has 23 heavy (non-hydrogen) atoms. The molecular formula is C18H16N2O3. The SMILES string of the molecule is Cc1oc(-c2ccccc2)nc1CC(=O)OCc1ccccn1. The minimum Gasteiger partial charge on any atom is -0.459 e. The van der Waals surface area contributed by atoms with Gasteiger partial charge in [0.2, 0.25) is 5.89 Å². The van der Waals surface area contributed by atoms with Gasteiger partial charge in [-0.2, -0.15) is 0 Å². The molecule has 0 saturated carbocycles. The van der Waals surface area contributed by atoms with Crippen LogP contribution in [-0.4, -0.2) is 15.9 Å². The molecule has 3 aromatic rings. The lowest BCUT2D eigenvalue weighted by atomic mass is 10.2. The standard InChI is InChI=1S/C18H16N2O3/c1-13-16(20-18(23-13)14-7-3-2-4-8-14)11-17(21)22-12-15-9-5-6-10-19-15/h2-10H,11-12H2,1H3. The van der Waals surface area contributed by atoms with E-state index in [0.717, 1.165) is 5.56 Å². The first-order valence-corrected chi connectivity index (χ1v) is 7.29. The van der Waals surface area contributed by atoms with Crippen LogP contribution in [0.25, 0.3) is 11.5 Å². The second-order valence-corrected chi connectivity index (χ2v) is 5.05. The Hall–Kier alpha value is -2.95. The molecule has 0 aliphatic heterocycles. The fourth-order valence-corrected chi connectivity index (χ4v) is 2.12. The van der Waals surface area contributed by atoms with Gasteiger partial charge in [0.1, 0.15) is 12.4 Å². The Kier molecular flexibility index (Phi) is 4.47. The summed E-state index contributed by atoms with van der Waals surface area (Å²) < 4.78 is 10.9. The van der Waals surface area contributed by atoms with Gasteiger partial charge < -0.3 is 9.15 Å². The number of oxazole rings is 1.